The van der Waals surface area contributed by atoms with E-state index in [1.165, 1.54) is 51.5 Å². The predicted octanol–water partition coefficient (Wildman–Crippen LogP) is 3.75. The molecule has 1 aliphatic carbocycles. The number of unbranched alkanes of at least 4 members (excludes halogenated alkanes) is 2. The Hall–Kier alpha value is 0.880. The molecule has 0 heterocycles. The van der Waals surface area contributed by atoms with Crippen molar-refractivity contribution in [3.8, 4) is 0 Å². The molecule has 0 aliphatic heterocycles. The summed E-state index contributed by atoms with van der Waals surface area (Å²) in [5, 5.41) is 0. The minimum absolute atomic E-state index is 0. The molecule has 4 heteroatoms. The maximum atomic E-state index is 2.46. The van der Waals surface area contributed by atoms with Gasteiger partial charge < -0.3 is 9.80 Å². The van der Waals surface area contributed by atoms with Gasteiger partial charge in [-0.2, -0.15) is 0 Å². The lowest BCUT2D eigenvalue weighted by atomic mass is 9.72. The number of hydrogen-bond acceptors (Lipinski definition) is 2. The fourth-order valence-electron chi connectivity index (χ4n) is 2.56. The standard InChI is InChI=1S/C13H28N2.2BrH/c1-14(2)12-7-5-6-9-13(15(3)4)10-8-11-13;;/h5-12H2,1-4H3;2*1H. The molecule has 0 bridgehead atoms. The maximum Gasteiger partial charge on any atom is 0.0203 e. The number of halogens is 2. The minimum Gasteiger partial charge on any atom is -0.309 e. The molecule has 1 rings (SSSR count). The van der Waals surface area contributed by atoms with E-state index in [2.05, 4.69) is 38.0 Å². The summed E-state index contributed by atoms with van der Waals surface area (Å²) in [4.78, 5) is 4.74. The second-order valence-corrected chi connectivity index (χ2v) is 5.59. The monoisotopic (exact) mass is 372 g/mol. The van der Waals surface area contributed by atoms with Crippen LogP contribution in [0.3, 0.4) is 0 Å². The van der Waals surface area contributed by atoms with Crippen molar-refractivity contribution < 1.29 is 0 Å². The Balaban J connectivity index is 0. The quantitative estimate of drug-likeness (QED) is 0.627. The highest BCUT2D eigenvalue weighted by Crippen LogP contribution is 2.40. The molecule has 17 heavy (non-hydrogen) atoms. The van der Waals surface area contributed by atoms with Crippen molar-refractivity contribution in [2.24, 2.45) is 0 Å². The fourth-order valence-corrected chi connectivity index (χ4v) is 2.56. The second kappa shape index (κ2) is 9.76. The number of hydrogen-bond donors (Lipinski definition) is 0. The average Bonchev–Trinajstić information content (AvgIpc) is 2.06. The van der Waals surface area contributed by atoms with Gasteiger partial charge >= 0.3 is 0 Å². The van der Waals surface area contributed by atoms with Crippen LogP contribution >= 0.6 is 34.0 Å². The van der Waals surface area contributed by atoms with Gasteiger partial charge in [0.1, 0.15) is 0 Å². The zero-order valence-corrected chi connectivity index (χ0v) is 15.3. The molecular formula is C13H30Br2N2. The van der Waals surface area contributed by atoms with E-state index < -0.39 is 0 Å². The molecule has 0 unspecified atom stereocenters. The second-order valence-electron chi connectivity index (χ2n) is 5.59. The highest BCUT2D eigenvalue weighted by molar-refractivity contribution is 8.93. The van der Waals surface area contributed by atoms with E-state index in [1.807, 2.05) is 0 Å². The summed E-state index contributed by atoms with van der Waals surface area (Å²) in [6, 6.07) is 0. The van der Waals surface area contributed by atoms with Crippen LogP contribution in [-0.4, -0.2) is 50.1 Å². The Morgan fingerprint density at radius 2 is 1.47 bits per heavy atom. The zero-order valence-electron chi connectivity index (χ0n) is 11.9. The SMILES string of the molecule is Br.Br.CN(C)CCCCCC1(N(C)C)CCC1. The van der Waals surface area contributed by atoms with Crippen LogP contribution in [0.15, 0.2) is 0 Å². The summed E-state index contributed by atoms with van der Waals surface area (Å²) in [5.74, 6) is 0. The lowest BCUT2D eigenvalue weighted by Gasteiger charge is -2.47. The average molecular weight is 374 g/mol. The summed E-state index contributed by atoms with van der Waals surface area (Å²) in [6.07, 6.45) is 9.86. The highest BCUT2D eigenvalue weighted by Gasteiger charge is 2.37. The van der Waals surface area contributed by atoms with Crippen molar-refractivity contribution in [1.82, 2.24) is 9.80 Å². The van der Waals surface area contributed by atoms with E-state index >= 15 is 0 Å². The van der Waals surface area contributed by atoms with Gasteiger partial charge in [-0.3, -0.25) is 0 Å². The Morgan fingerprint density at radius 1 is 0.882 bits per heavy atom. The van der Waals surface area contributed by atoms with E-state index in [4.69, 9.17) is 0 Å². The van der Waals surface area contributed by atoms with Gasteiger partial charge in [-0.1, -0.05) is 12.8 Å². The van der Waals surface area contributed by atoms with Gasteiger partial charge in [0.25, 0.3) is 0 Å². The van der Waals surface area contributed by atoms with Crippen molar-refractivity contribution in [2.45, 2.75) is 50.5 Å². The van der Waals surface area contributed by atoms with Crippen LogP contribution in [0.1, 0.15) is 44.9 Å². The first-order chi connectivity index (χ1) is 7.07. The third-order valence-corrected chi connectivity index (χ3v) is 3.98. The molecule has 0 aromatic rings. The Kier molecular flexibility index (Phi) is 11.6. The van der Waals surface area contributed by atoms with Gasteiger partial charge in [-0.25, -0.2) is 0 Å². The first kappa shape index (κ1) is 20.2. The van der Waals surface area contributed by atoms with Crippen LogP contribution in [0.4, 0.5) is 0 Å². The molecule has 0 saturated heterocycles. The van der Waals surface area contributed by atoms with Gasteiger partial charge in [-0.15, -0.1) is 34.0 Å². The molecule has 0 atom stereocenters. The van der Waals surface area contributed by atoms with Gasteiger partial charge in [0.2, 0.25) is 0 Å². The van der Waals surface area contributed by atoms with Gasteiger partial charge in [-0.05, 0) is 66.8 Å². The molecular weight excluding hydrogens is 344 g/mol. The molecule has 0 amide bonds. The lowest BCUT2D eigenvalue weighted by molar-refractivity contribution is 0.0485. The maximum absolute atomic E-state index is 2.46. The third kappa shape index (κ3) is 6.55. The highest BCUT2D eigenvalue weighted by atomic mass is 79.9. The van der Waals surface area contributed by atoms with Crippen molar-refractivity contribution >= 4 is 34.0 Å². The topological polar surface area (TPSA) is 6.48 Å². The molecule has 1 fully saturated rings. The molecule has 1 aliphatic rings. The molecule has 0 aromatic carbocycles. The first-order valence-electron chi connectivity index (χ1n) is 6.39. The number of rotatable bonds is 7. The van der Waals surface area contributed by atoms with Crippen LogP contribution in [0.5, 0.6) is 0 Å². The summed E-state index contributed by atoms with van der Waals surface area (Å²) >= 11 is 0. The van der Waals surface area contributed by atoms with Crippen molar-refractivity contribution in [2.75, 3.05) is 34.7 Å². The number of nitrogens with zero attached hydrogens (tertiary/aromatic N) is 2. The summed E-state index contributed by atoms with van der Waals surface area (Å²) < 4.78 is 0. The largest absolute Gasteiger partial charge is 0.309 e. The van der Waals surface area contributed by atoms with Gasteiger partial charge in [0, 0.05) is 5.54 Å². The minimum atomic E-state index is 0. The predicted molar refractivity (Wildman–Crippen MR) is 87.9 cm³/mol. The van der Waals surface area contributed by atoms with Crippen LogP contribution in [0, 0.1) is 0 Å². The molecule has 2 nitrogen and oxygen atoms in total. The van der Waals surface area contributed by atoms with Crippen molar-refractivity contribution in [3.05, 3.63) is 0 Å². The van der Waals surface area contributed by atoms with Crippen LogP contribution in [0.25, 0.3) is 0 Å². The lowest BCUT2D eigenvalue weighted by Crippen LogP contribution is -2.49. The molecule has 0 radical (unpaired) electrons. The molecule has 0 aromatic heterocycles. The van der Waals surface area contributed by atoms with E-state index in [0.717, 1.165) is 0 Å². The Bertz CT molecular complexity index is 180. The normalized spacial score (nSPS) is 17.3. The molecule has 0 spiro atoms. The van der Waals surface area contributed by atoms with Gasteiger partial charge in [0.05, 0.1) is 0 Å². The molecule has 0 N–H and O–H groups in total. The summed E-state index contributed by atoms with van der Waals surface area (Å²) in [6.45, 7) is 1.25. The van der Waals surface area contributed by atoms with Crippen LogP contribution in [-0.2, 0) is 0 Å². The Morgan fingerprint density at radius 3 is 1.82 bits per heavy atom. The zero-order chi connectivity index (χ0) is 11.3. The molecule has 106 valence electrons. The Labute approximate surface area is 129 Å². The van der Waals surface area contributed by atoms with Crippen molar-refractivity contribution in [1.29, 1.82) is 0 Å². The van der Waals surface area contributed by atoms with E-state index in [1.54, 1.807) is 0 Å². The van der Waals surface area contributed by atoms with Gasteiger partial charge in [0.15, 0.2) is 0 Å². The smallest absolute Gasteiger partial charge is 0.0203 e. The van der Waals surface area contributed by atoms with Crippen molar-refractivity contribution in [3.63, 3.8) is 0 Å². The van der Waals surface area contributed by atoms with Crippen LogP contribution in [0.2, 0.25) is 0 Å². The third-order valence-electron chi connectivity index (χ3n) is 3.98. The van der Waals surface area contributed by atoms with E-state index in [0.29, 0.717) is 5.54 Å². The van der Waals surface area contributed by atoms with E-state index in [9.17, 15) is 0 Å². The molecule has 1 saturated carbocycles. The summed E-state index contributed by atoms with van der Waals surface area (Å²) in [7, 11) is 8.82. The fraction of sp³-hybridized carbons (Fsp3) is 1.00. The first-order valence-corrected chi connectivity index (χ1v) is 6.39. The summed E-state index contributed by atoms with van der Waals surface area (Å²) in [5.41, 5.74) is 0.581. The van der Waals surface area contributed by atoms with Crippen LogP contribution < -0.4 is 0 Å². The van der Waals surface area contributed by atoms with E-state index in [-0.39, 0.29) is 34.0 Å².